The van der Waals surface area contributed by atoms with Crippen LogP contribution in [0.5, 0.6) is 0 Å². The molecule has 0 spiro atoms. The molecule has 23 heavy (non-hydrogen) atoms. The molecule has 120 valence electrons. The third-order valence-electron chi connectivity index (χ3n) is 3.41. The van der Waals surface area contributed by atoms with Crippen LogP contribution in [-0.2, 0) is 0 Å². The molecule has 0 aromatic heterocycles. The highest BCUT2D eigenvalue weighted by Gasteiger charge is 2.13. The quantitative estimate of drug-likeness (QED) is 0.726. The van der Waals surface area contributed by atoms with E-state index in [-0.39, 0.29) is 18.4 Å². The van der Waals surface area contributed by atoms with Gasteiger partial charge < -0.3 is 15.7 Å². The molecule has 0 unspecified atom stereocenters. The average Bonchev–Trinajstić information content (AvgIpc) is 2.62. The lowest BCUT2D eigenvalue weighted by molar-refractivity contribution is 0.0910. The monoisotopic (exact) mass is 312 g/mol. The molecule has 0 aliphatic heterocycles. The van der Waals surface area contributed by atoms with Crippen molar-refractivity contribution in [2.75, 3.05) is 13.2 Å². The first-order valence-electron chi connectivity index (χ1n) is 7.50. The Labute approximate surface area is 135 Å². The Morgan fingerprint density at radius 2 is 1.39 bits per heavy atom. The topological polar surface area (TPSA) is 78.4 Å². The Morgan fingerprint density at radius 3 is 1.91 bits per heavy atom. The lowest BCUT2D eigenvalue weighted by Crippen LogP contribution is -2.40. The van der Waals surface area contributed by atoms with Crippen LogP contribution in [0, 0.1) is 0 Å². The molecule has 3 N–H and O–H groups in total. The standard InChI is InChI=1S/C18H20N2O3/c21-13-16(20-18(23)15-9-5-2-6-10-15)11-12-19-17(22)14-7-3-1-4-8-14/h1-10,16,21H,11-13H2,(H,19,22)(H,20,23)/t16-/m0/s1. The molecule has 2 aromatic carbocycles. The van der Waals surface area contributed by atoms with Gasteiger partial charge in [-0.1, -0.05) is 36.4 Å². The second-order valence-corrected chi connectivity index (χ2v) is 5.13. The molecular weight excluding hydrogens is 292 g/mol. The van der Waals surface area contributed by atoms with E-state index in [0.717, 1.165) is 0 Å². The van der Waals surface area contributed by atoms with Crippen LogP contribution >= 0.6 is 0 Å². The van der Waals surface area contributed by atoms with Crippen LogP contribution < -0.4 is 10.6 Å². The van der Waals surface area contributed by atoms with Gasteiger partial charge >= 0.3 is 0 Å². The van der Waals surface area contributed by atoms with Crippen molar-refractivity contribution in [1.29, 1.82) is 0 Å². The molecule has 0 heterocycles. The summed E-state index contributed by atoms with van der Waals surface area (Å²) in [5.41, 5.74) is 1.13. The van der Waals surface area contributed by atoms with Crippen molar-refractivity contribution >= 4 is 11.8 Å². The van der Waals surface area contributed by atoms with E-state index in [9.17, 15) is 14.7 Å². The van der Waals surface area contributed by atoms with Crippen LogP contribution in [-0.4, -0.2) is 36.1 Å². The molecular formula is C18H20N2O3. The predicted octanol–water partition coefficient (Wildman–Crippen LogP) is 1.60. The summed E-state index contributed by atoms with van der Waals surface area (Å²) in [4.78, 5) is 23.9. The fourth-order valence-electron chi connectivity index (χ4n) is 2.12. The van der Waals surface area contributed by atoms with Gasteiger partial charge in [-0.25, -0.2) is 0 Å². The van der Waals surface area contributed by atoms with E-state index < -0.39 is 6.04 Å². The highest BCUT2D eigenvalue weighted by atomic mass is 16.3. The van der Waals surface area contributed by atoms with Crippen LogP contribution in [0.3, 0.4) is 0 Å². The molecule has 2 amide bonds. The van der Waals surface area contributed by atoms with Crippen LogP contribution in [0.2, 0.25) is 0 Å². The van der Waals surface area contributed by atoms with Gasteiger partial charge in [-0.2, -0.15) is 0 Å². The smallest absolute Gasteiger partial charge is 0.251 e. The maximum Gasteiger partial charge on any atom is 0.251 e. The van der Waals surface area contributed by atoms with Crippen LogP contribution in [0.15, 0.2) is 60.7 Å². The number of aliphatic hydroxyl groups excluding tert-OH is 1. The number of nitrogens with one attached hydrogen (secondary N) is 2. The van der Waals surface area contributed by atoms with Gasteiger partial charge in [0, 0.05) is 17.7 Å². The number of aliphatic hydroxyl groups is 1. The number of hydrogen-bond acceptors (Lipinski definition) is 3. The summed E-state index contributed by atoms with van der Waals surface area (Å²) in [5.74, 6) is -0.407. The van der Waals surface area contributed by atoms with Crippen molar-refractivity contribution < 1.29 is 14.7 Å². The summed E-state index contributed by atoms with van der Waals surface area (Å²) < 4.78 is 0. The number of rotatable bonds is 7. The molecule has 0 aliphatic rings. The van der Waals surface area contributed by atoms with Crippen molar-refractivity contribution in [1.82, 2.24) is 10.6 Å². The molecule has 0 radical (unpaired) electrons. The van der Waals surface area contributed by atoms with Crippen LogP contribution in [0.25, 0.3) is 0 Å². The zero-order chi connectivity index (χ0) is 16.5. The van der Waals surface area contributed by atoms with Crippen molar-refractivity contribution in [3.05, 3.63) is 71.8 Å². The van der Waals surface area contributed by atoms with Crippen LogP contribution in [0.4, 0.5) is 0 Å². The van der Waals surface area contributed by atoms with Gasteiger partial charge in [-0.15, -0.1) is 0 Å². The van der Waals surface area contributed by atoms with E-state index in [0.29, 0.717) is 24.1 Å². The van der Waals surface area contributed by atoms with E-state index in [2.05, 4.69) is 10.6 Å². The van der Waals surface area contributed by atoms with Gasteiger partial charge in [0.25, 0.3) is 11.8 Å². The first-order valence-corrected chi connectivity index (χ1v) is 7.50. The highest BCUT2D eigenvalue weighted by molar-refractivity contribution is 5.94. The van der Waals surface area contributed by atoms with Gasteiger partial charge in [0.15, 0.2) is 0 Å². The van der Waals surface area contributed by atoms with Gasteiger partial charge in [0.05, 0.1) is 12.6 Å². The average molecular weight is 312 g/mol. The molecule has 0 saturated heterocycles. The van der Waals surface area contributed by atoms with E-state index in [4.69, 9.17) is 0 Å². The Hall–Kier alpha value is -2.66. The van der Waals surface area contributed by atoms with E-state index in [1.54, 1.807) is 48.5 Å². The summed E-state index contributed by atoms with van der Waals surface area (Å²) in [6.07, 6.45) is 0.452. The molecule has 5 nitrogen and oxygen atoms in total. The minimum absolute atomic E-state index is 0.170. The number of benzene rings is 2. The molecule has 5 heteroatoms. The van der Waals surface area contributed by atoms with Gasteiger partial charge in [0.2, 0.25) is 0 Å². The molecule has 0 aliphatic carbocycles. The summed E-state index contributed by atoms with van der Waals surface area (Å²) in [5, 5.41) is 14.9. The SMILES string of the molecule is O=C(NCC[C@@H](CO)NC(=O)c1ccccc1)c1ccccc1. The lowest BCUT2D eigenvalue weighted by Gasteiger charge is -2.16. The van der Waals surface area contributed by atoms with Crippen molar-refractivity contribution in [2.24, 2.45) is 0 Å². The minimum Gasteiger partial charge on any atom is -0.394 e. The third kappa shape index (κ3) is 5.23. The zero-order valence-corrected chi connectivity index (χ0v) is 12.7. The van der Waals surface area contributed by atoms with Gasteiger partial charge in [-0.3, -0.25) is 9.59 Å². The van der Waals surface area contributed by atoms with Crippen molar-refractivity contribution in [3.8, 4) is 0 Å². The van der Waals surface area contributed by atoms with E-state index in [1.165, 1.54) is 0 Å². The second-order valence-electron chi connectivity index (χ2n) is 5.13. The maximum absolute atomic E-state index is 12.0. The Morgan fingerprint density at radius 1 is 0.870 bits per heavy atom. The van der Waals surface area contributed by atoms with Crippen molar-refractivity contribution in [3.63, 3.8) is 0 Å². The molecule has 0 bridgehead atoms. The number of carbonyl (C=O) groups excluding carboxylic acids is 2. The largest absolute Gasteiger partial charge is 0.394 e. The fourth-order valence-corrected chi connectivity index (χ4v) is 2.12. The third-order valence-corrected chi connectivity index (χ3v) is 3.41. The summed E-state index contributed by atoms with van der Waals surface area (Å²) >= 11 is 0. The molecule has 0 fully saturated rings. The summed E-state index contributed by atoms with van der Waals surface area (Å²) in [6, 6.07) is 17.3. The summed E-state index contributed by atoms with van der Waals surface area (Å²) in [7, 11) is 0. The number of carbonyl (C=O) groups is 2. The predicted molar refractivity (Wildman–Crippen MR) is 88.2 cm³/mol. The van der Waals surface area contributed by atoms with E-state index in [1.807, 2.05) is 12.1 Å². The lowest BCUT2D eigenvalue weighted by atomic mass is 10.1. The molecule has 2 rings (SSSR count). The highest BCUT2D eigenvalue weighted by Crippen LogP contribution is 2.01. The first kappa shape index (κ1) is 16.7. The van der Waals surface area contributed by atoms with E-state index >= 15 is 0 Å². The molecule has 1 atom stereocenters. The number of hydrogen-bond donors (Lipinski definition) is 3. The Balaban J connectivity index is 1.79. The normalized spacial score (nSPS) is 11.5. The fraction of sp³-hybridized carbons (Fsp3) is 0.222. The Bertz CT molecular complexity index is 629. The second kappa shape index (κ2) is 8.70. The van der Waals surface area contributed by atoms with Gasteiger partial charge in [0.1, 0.15) is 0 Å². The van der Waals surface area contributed by atoms with Gasteiger partial charge in [-0.05, 0) is 30.7 Å². The minimum atomic E-state index is -0.404. The Kier molecular flexibility index (Phi) is 6.32. The van der Waals surface area contributed by atoms with Crippen molar-refractivity contribution in [2.45, 2.75) is 12.5 Å². The molecule has 2 aromatic rings. The maximum atomic E-state index is 12.0. The summed E-state index contributed by atoms with van der Waals surface area (Å²) in [6.45, 7) is 0.188. The molecule has 0 saturated carbocycles. The number of amides is 2. The van der Waals surface area contributed by atoms with Crippen LogP contribution in [0.1, 0.15) is 27.1 Å². The zero-order valence-electron chi connectivity index (χ0n) is 12.7. The first-order chi connectivity index (χ1) is 11.2.